The fourth-order valence-electron chi connectivity index (χ4n) is 3.01. The van der Waals surface area contributed by atoms with Crippen LogP contribution in [0.4, 0.5) is 5.69 Å². The molecule has 1 amide bonds. The zero-order valence-electron chi connectivity index (χ0n) is 16.0. The number of rotatable bonds is 6. The highest BCUT2D eigenvalue weighted by molar-refractivity contribution is 5.92. The zero-order valence-corrected chi connectivity index (χ0v) is 16.0. The van der Waals surface area contributed by atoms with E-state index in [9.17, 15) is 4.79 Å². The van der Waals surface area contributed by atoms with E-state index in [4.69, 9.17) is 9.26 Å². The number of ether oxygens (including phenoxy) is 1. The Balaban J connectivity index is 1.60. The van der Waals surface area contributed by atoms with Gasteiger partial charge >= 0.3 is 0 Å². The first-order chi connectivity index (χ1) is 13.0. The molecule has 0 saturated heterocycles. The van der Waals surface area contributed by atoms with Gasteiger partial charge in [-0.25, -0.2) is 0 Å². The van der Waals surface area contributed by atoms with Gasteiger partial charge in [-0.2, -0.15) is 4.98 Å². The minimum absolute atomic E-state index is 0.0748. The van der Waals surface area contributed by atoms with Crippen LogP contribution in [0.3, 0.4) is 0 Å². The van der Waals surface area contributed by atoms with Gasteiger partial charge in [-0.05, 0) is 56.2 Å². The number of methoxy groups -OCH3 is 1. The van der Waals surface area contributed by atoms with E-state index in [1.165, 1.54) is 5.56 Å². The van der Waals surface area contributed by atoms with Crippen LogP contribution in [0.2, 0.25) is 0 Å². The Morgan fingerprint density at radius 3 is 2.41 bits per heavy atom. The van der Waals surface area contributed by atoms with E-state index >= 15 is 0 Å². The predicted octanol–water partition coefficient (Wildman–Crippen LogP) is 4.24. The summed E-state index contributed by atoms with van der Waals surface area (Å²) in [6.45, 7) is 6.03. The number of carbonyl (C=O) groups is 1. The van der Waals surface area contributed by atoms with Gasteiger partial charge in [-0.1, -0.05) is 22.9 Å². The van der Waals surface area contributed by atoms with Gasteiger partial charge in [0.1, 0.15) is 5.75 Å². The van der Waals surface area contributed by atoms with Crippen molar-refractivity contribution in [1.82, 2.24) is 10.1 Å². The van der Waals surface area contributed by atoms with Crippen LogP contribution in [-0.4, -0.2) is 23.2 Å². The molecule has 0 saturated carbocycles. The lowest BCUT2D eigenvalue weighted by atomic mass is 10.0. The van der Waals surface area contributed by atoms with Gasteiger partial charge in [-0.3, -0.25) is 4.79 Å². The number of carbonyl (C=O) groups excluding carboxylic acids is 1. The Bertz CT molecular complexity index is 923. The van der Waals surface area contributed by atoms with Crippen molar-refractivity contribution >= 4 is 11.6 Å². The number of hydrogen-bond donors (Lipinski definition) is 1. The van der Waals surface area contributed by atoms with E-state index in [1.54, 1.807) is 7.11 Å². The highest BCUT2D eigenvalue weighted by Gasteiger charge is 2.12. The normalized spacial score (nSPS) is 10.7. The van der Waals surface area contributed by atoms with Gasteiger partial charge in [-0.15, -0.1) is 0 Å². The van der Waals surface area contributed by atoms with Gasteiger partial charge in [0.05, 0.1) is 7.11 Å². The molecule has 0 atom stereocenters. The lowest BCUT2D eigenvalue weighted by molar-refractivity contribution is -0.116. The fourth-order valence-corrected chi connectivity index (χ4v) is 3.01. The number of nitrogens with one attached hydrogen (secondary N) is 1. The summed E-state index contributed by atoms with van der Waals surface area (Å²) in [5, 5.41) is 6.97. The van der Waals surface area contributed by atoms with Gasteiger partial charge < -0.3 is 14.6 Å². The topological polar surface area (TPSA) is 77.2 Å². The van der Waals surface area contributed by atoms with Gasteiger partial charge in [0.25, 0.3) is 0 Å². The summed E-state index contributed by atoms with van der Waals surface area (Å²) < 4.78 is 10.4. The van der Waals surface area contributed by atoms with Crippen LogP contribution in [0.5, 0.6) is 5.75 Å². The monoisotopic (exact) mass is 365 g/mol. The van der Waals surface area contributed by atoms with Crippen molar-refractivity contribution in [2.45, 2.75) is 33.6 Å². The first-order valence-electron chi connectivity index (χ1n) is 8.81. The molecule has 0 radical (unpaired) electrons. The fraction of sp³-hybridized carbons (Fsp3) is 0.286. The highest BCUT2D eigenvalue weighted by Crippen LogP contribution is 2.23. The average molecular weight is 365 g/mol. The molecule has 0 bridgehead atoms. The summed E-state index contributed by atoms with van der Waals surface area (Å²) in [7, 11) is 1.62. The van der Waals surface area contributed by atoms with Crippen LogP contribution in [0.1, 0.15) is 29.0 Å². The molecule has 1 N–H and O–H groups in total. The molecule has 3 rings (SSSR count). The molecule has 0 fully saturated rings. The molecular weight excluding hydrogens is 342 g/mol. The smallest absolute Gasteiger partial charge is 0.227 e. The first-order valence-corrected chi connectivity index (χ1v) is 8.81. The van der Waals surface area contributed by atoms with Gasteiger partial charge in [0.2, 0.25) is 17.6 Å². The number of benzene rings is 2. The van der Waals surface area contributed by atoms with E-state index in [-0.39, 0.29) is 12.3 Å². The van der Waals surface area contributed by atoms with Crippen LogP contribution in [-0.2, 0) is 11.2 Å². The number of anilines is 1. The average Bonchev–Trinajstić information content (AvgIpc) is 3.12. The lowest BCUT2D eigenvalue weighted by Crippen LogP contribution is -2.14. The molecule has 3 aromatic rings. The Hall–Kier alpha value is -3.15. The summed E-state index contributed by atoms with van der Waals surface area (Å²) >= 11 is 0. The molecule has 0 aliphatic rings. The summed E-state index contributed by atoms with van der Waals surface area (Å²) in [5.74, 6) is 1.63. The number of nitrogens with zero attached hydrogens (tertiary/aromatic N) is 2. The van der Waals surface area contributed by atoms with E-state index in [0.717, 1.165) is 28.1 Å². The second-order valence-corrected chi connectivity index (χ2v) is 6.56. The second-order valence-electron chi connectivity index (χ2n) is 6.56. The molecule has 1 aromatic heterocycles. The minimum Gasteiger partial charge on any atom is -0.497 e. The third-order valence-corrected chi connectivity index (χ3v) is 4.32. The van der Waals surface area contributed by atoms with Crippen LogP contribution < -0.4 is 10.1 Å². The Morgan fingerprint density at radius 2 is 1.78 bits per heavy atom. The van der Waals surface area contributed by atoms with Crippen LogP contribution in [0, 0.1) is 20.8 Å². The highest BCUT2D eigenvalue weighted by atomic mass is 16.5. The molecular formula is C21H23N3O3. The lowest BCUT2D eigenvalue weighted by Gasteiger charge is -2.12. The molecule has 0 aliphatic carbocycles. The van der Waals surface area contributed by atoms with Crippen LogP contribution in [0.15, 0.2) is 40.9 Å². The molecule has 2 aromatic carbocycles. The molecule has 0 spiro atoms. The summed E-state index contributed by atoms with van der Waals surface area (Å²) in [6, 6.07) is 11.5. The number of aryl methyl sites for hydroxylation is 4. The summed E-state index contributed by atoms with van der Waals surface area (Å²) in [5.41, 5.74) is 5.00. The quantitative estimate of drug-likeness (QED) is 0.707. The summed E-state index contributed by atoms with van der Waals surface area (Å²) in [4.78, 5) is 16.7. The third-order valence-electron chi connectivity index (χ3n) is 4.32. The first kappa shape index (κ1) is 18.6. The molecule has 0 aliphatic heterocycles. The molecule has 140 valence electrons. The van der Waals surface area contributed by atoms with Crippen LogP contribution in [0.25, 0.3) is 11.4 Å². The Labute approximate surface area is 158 Å². The maximum absolute atomic E-state index is 12.3. The Kier molecular flexibility index (Phi) is 5.54. The van der Waals surface area contributed by atoms with E-state index in [2.05, 4.69) is 27.6 Å². The molecule has 0 unspecified atom stereocenters. The minimum atomic E-state index is -0.0748. The van der Waals surface area contributed by atoms with Crippen LogP contribution >= 0.6 is 0 Å². The zero-order chi connectivity index (χ0) is 19.4. The van der Waals surface area contributed by atoms with Crippen molar-refractivity contribution in [2.75, 3.05) is 12.4 Å². The maximum Gasteiger partial charge on any atom is 0.227 e. The van der Waals surface area contributed by atoms with E-state index in [1.807, 2.05) is 45.0 Å². The number of aromatic nitrogens is 2. The predicted molar refractivity (Wildman–Crippen MR) is 104 cm³/mol. The van der Waals surface area contributed by atoms with Crippen molar-refractivity contribution in [3.63, 3.8) is 0 Å². The SMILES string of the molecule is COc1ccc(-c2noc(CCC(=O)Nc3c(C)cc(C)cc3C)n2)cc1. The molecule has 1 heterocycles. The second kappa shape index (κ2) is 8.03. The van der Waals surface area contributed by atoms with E-state index < -0.39 is 0 Å². The molecule has 6 nitrogen and oxygen atoms in total. The largest absolute Gasteiger partial charge is 0.497 e. The van der Waals surface area contributed by atoms with Crippen molar-refractivity contribution in [3.8, 4) is 17.1 Å². The maximum atomic E-state index is 12.3. The Morgan fingerprint density at radius 1 is 1.11 bits per heavy atom. The van der Waals surface area contributed by atoms with Crippen molar-refractivity contribution in [2.24, 2.45) is 0 Å². The number of hydrogen-bond acceptors (Lipinski definition) is 5. The van der Waals surface area contributed by atoms with E-state index in [0.29, 0.717) is 18.1 Å². The standard InChI is InChI=1S/C21H23N3O3/c1-13-11-14(2)20(15(3)12-13)22-18(25)9-10-19-23-21(24-27-19)16-5-7-17(26-4)8-6-16/h5-8,11-12H,9-10H2,1-4H3,(H,22,25). The molecule has 27 heavy (non-hydrogen) atoms. The van der Waals surface area contributed by atoms with Gasteiger partial charge in [0, 0.05) is 24.1 Å². The number of amides is 1. The third kappa shape index (κ3) is 4.53. The summed E-state index contributed by atoms with van der Waals surface area (Å²) in [6.07, 6.45) is 0.663. The van der Waals surface area contributed by atoms with Crippen molar-refractivity contribution in [1.29, 1.82) is 0 Å². The van der Waals surface area contributed by atoms with Crippen molar-refractivity contribution < 1.29 is 14.1 Å². The molecule has 6 heteroatoms. The van der Waals surface area contributed by atoms with Crippen molar-refractivity contribution in [3.05, 3.63) is 59.0 Å². The van der Waals surface area contributed by atoms with Gasteiger partial charge in [0.15, 0.2) is 0 Å².